The molecule has 0 aliphatic carbocycles. The highest BCUT2D eigenvalue weighted by atomic mass is 35.5. The number of aromatic hydroxyl groups is 1. The van der Waals surface area contributed by atoms with E-state index in [9.17, 15) is 14.3 Å². The van der Waals surface area contributed by atoms with E-state index in [1.165, 1.54) is 12.1 Å². The van der Waals surface area contributed by atoms with Gasteiger partial charge in [-0.1, -0.05) is 29.8 Å². The molecule has 176 valence electrons. The van der Waals surface area contributed by atoms with Crippen molar-refractivity contribution >= 4 is 35.1 Å². The van der Waals surface area contributed by atoms with Crippen molar-refractivity contribution in [2.45, 2.75) is 18.0 Å². The number of para-hydroxylation sites is 1. The molecule has 2 aliphatic heterocycles. The normalized spacial score (nSPS) is 17.7. The van der Waals surface area contributed by atoms with E-state index in [1.807, 2.05) is 6.07 Å². The number of halogens is 3. The molecule has 0 saturated carbocycles. The minimum Gasteiger partial charge on any atom is -0.505 e. The minimum absolute atomic E-state index is 0.0368. The quantitative estimate of drug-likeness (QED) is 0.383. The molecule has 6 bridgehead atoms. The molecule has 0 radical (unpaired) electrons. The number of fused-ring (bicyclic) bond motifs is 8. The van der Waals surface area contributed by atoms with E-state index >= 15 is 4.39 Å². The second kappa shape index (κ2) is 9.35. The summed E-state index contributed by atoms with van der Waals surface area (Å²) in [6.07, 6.45) is 0.770. The van der Waals surface area contributed by atoms with Gasteiger partial charge in [0.05, 0.1) is 22.2 Å². The number of nitrogens with zero attached hydrogens (tertiary/aromatic N) is 1. The Hall–Kier alpha value is -2.97. The summed E-state index contributed by atoms with van der Waals surface area (Å²) in [5, 5.41) is 10.5. The lowest BCUT2D eigenvalue weighted by atomic mass is 10.0. The zero-order valence-electron chi connectivity index (χ0n) is 18.0. The van der Waals surface area contributed by atoms with Gasteiger partial charge in [-0.2, -0.15) is 0 Å². The summed E-state index contributed by atoms with van der Waals surface area (Å²) < 4.78 is 37.8. The van der Waals surface area contributed by atoms with Crippen LogP contribution in [0.5, 0.6) is 11.5 Å². The molecule has 5 rings (SSSR count). The highest BCUT2D eigenvalue weighted by molar-refractivity contribution is 8.00. The molecule has 34 heavy (non-hydrogen) atoms. The second-order valence-corrected chi connectivity index (χ2v) is 9.60. The van der Waals surface area contributed by atoms with Crippen LogP contribution in [-0.4, -0.2) is 35.6 Å². The molecule has 1 fully saturated rings. The summed E-state index contributed by atoms with van der Waals surface area (Å²) in [6, 6.07) is 12.8. The zero-order chi connectivity index (χ0) is 23.8. The minimum atomic E-state index is -0.889. The van der Waals surface area contributed by atoms with Gasteiger partial charge in [0, 0.05) is 41.3 Å². The molecule has 1 saturated heterocycles. The Morgan fingerprint density at radius 3 is 2.85 bits per heavy atom. The number of carbonyl (C=O) groups is 1. The van der Waals surface area contributed by atoms with Crippen LogP contribution in [0.1, 0.15) is 22.3 Å². The van der Waals surface area contributed by atoms with Gasteiger partial charge < -0.3 is 19.5 Å². The van der Waals surface area contributed by atoms with Gasteiger partial charge in [-0.15, -0.1) is 0 Å². The standard InChI is InChI=1S/C25H21ClF2N2O3S/c26-19-7-15-9-23(24(19)31)34-29-21-10-18(20(28)8-16(21)11-27)17-3-1-2-4-22(17)33-13-14-5-6-30(12-14)25(15)32/h1-4,7-10,14,29,31H,5-6,11-13H2. The van der Waals surface area contributed by atoms with Crippen molar-refractivity contribution in [2.24, 2.45) is 5.92 Å². The first-order valence-electron chi connectivity index (χ1n) is 10.8. The van der Waals surface area contributed by atoms with Gasteiger partial charge in [0.25, 0.3) is 5.91 Å². The first-order valence-corrected chi connectivity index (χ1v) is 12.0. The van der Waals surface area contributed by atoms with E-state index in [2.05, 4.69) is 4.72 Å². The second-order valence-electron chi connectivity index (χ2n) is 8.34. The van der Waals surface area contributed by atoms with Crippen LogP contribution in [0.2, 0.25) is 5.02 Å². The van der Waals surface area contributed by atoms with Crippen LogP contribution in [0.3, 0.4) is 0 Å². The van der Waals surface area contributed by atoms with Crippen molar-refractivity contribution in [2.75, 3.05) is 24.4 Å². The molecule has 2 aliphatic rings. The van der Waals surface area contributed by atoms with Crippen LogP contribution < -0.4 is 9.46 Å². The van der Waals surface area contributed by atoms with Gasteiger partial charge in [-0.3, -0.25) is 4.79 Å². The molecule has 2 heterocycles. The van der Waals surface area contributed by atoms with E-state index in [1.54, 1.807) is 29.2 Å². The maximum absolute atomic E-state index is 15.0. The molecule has 1 unspecified atom stereocenters. The van der Waals surface area contributed by atoms with Crippen LogP contribution in [0, 0.1) is 11.7 Å². The number of amides is 1. The van der Waals surface area contributed by atoms with Crippen LogP contribution in [0.4, 0.5) is 14.5 Å². The predicted octanol–water partition coefficient (Wildman–Crippen LogP) is 6.29. The fraction of sp³-hybridized carbons (Fsp3) is 0.240. The molecule has 3 aromatic carbocycles. The topological polar surface area (TPSA) is 61.8 Å². The first kappa shape index (κ1) is 22.8. The first-order chi connectivity index (χ1) is 16.4. The molecule has 2 N–H and O–H groups in total. The number of phenolic OH excluding ortho intramolecular Hbond substituents is 1. The maximum Gasteiger partial charge on any atom is 0.253 e. The third-order valence-corrected chi connectivity index (χ3v) is 7.25. The fourth-order valence-electron chi connectivity index (χ4n) is 4.27. The molecule has 9 heteroatoms. The summed E-state index contributed by atoms with van der Waals surface area (Å²) in [5.74, 6) is -0.320. The molecule has 0 aromatic heterocycles. The summed E-state index contributed by atoms with van der Waals surface area (Å²) in [6.45, 7) is 0.570. The summed E-state index contributed by atoms with van der Waals surface area (Å²) >= 11 is 7.18. The van der Waals surface area contributed by atoms with Crippen molar-refractivity contribution in [3.05, 3.63) is 70.5 Å². The lowest BCUT2D eigenvalue weighted by Crippen LogP contribution is -2.29. The van der Waals surface area contributed by atoms with Crippen LogP contribution in [0.25, 0.3) is 11.1 Å². The predicted molar refractivity (Wildman–Crippen MR) is 129 cm³/mol. The average molecular weight is 503 g/mol. The Kier molecular flexibility index (Phi) is 6.27. The smallest absolute Gasteiger partial charge is 0.253 e. The zero-order valence-corrected chi connectivity index (χ0v) is 19.6. The number of ether oxygens (including phenoxy) is 1. The Morgan fingerprint density at radius 1 is 1.21 bits per heavy atom. The maximum atomic E-state index is 15.0. The van der Waals surface area contributed by atoms with E-state index in [-0.39, 0.29) is 33.7 Å². The molecular formula is C25H21ClF2N2O3S. The largest absolute Gasteiger partial charge is 0.505 e. The summed E-state index contributed by atoms with van der Waals surface area (Å²) in [7, 11) is 0. The van der Waals surface area contributed by atoms with Crippen molar-refractivity contribution in [1.82, 2.24) is 4.90 Å². The van der Waals surface area contributed by atoms with Crippen molar-refractivity contribution in [1.29, 1.82) is 0 Å². The van der Waals surface area contributed by atoms with Gasteiger partial charge in [-0.25, -0.2) is 8.78 Å². The molecule has 0 spiro atoms. The number of benzene rings is 3. The number of phenols is 1. The van der Waals surface area contributed by atoms with Gasteiger partial charge in [0.2, 0.25) is 0 Å². The third kappa shape index (κ3) is 4.28. The lowest BCUT2D eigenvalue weighted by Gasteiger charge is -2.20. The number of hydrogen-bond acceptors (Lipinski definition) is 5. The Morgan fingerprint density at radius 2 is 2.03 bits per heavy atom. The van der Waals surface area contributed by atoms with Gasteiger partial charge in [0.1, 0.15) is 24.0 Å². The van der Waals surface area contributed by atoms with Crippen LogP contribution in [0.15, 0.2) is 53.4 Å². The SMILES string of the molecule is O=C1c2cc(Cl)c(O)c(c2)SNc2cc(c(F)cc2CF)-c2ccccc2OCC2CCN1C2. The Bertz CT molecular complexity index is 1270. The van der Waals surface area contributed by atoms with E-state index in [4.69, 9.17) is 16.3 Å². The number of rotatable bonds is 1. The summed E-state index contributed by atoms with van der Waals surface area (Å²) in [4.78, 5) is 15.2. The van der Waals surface area contributed by atoms with Crippen LogP contribution >= 0.6 is 23.5 Å². The highest BCUT2D eigenvalue weighted by Gasteiger charge is 2.29. The number of anilines is 1. The number of hydrogen-bond donors (Lipinski definition) is 2. The molecule has 5 nitrogen and oxygen atoms in total. The van der Waals surface area contributed by atoms with Gasteiger partial charge >= 0.3 is 0 Å². The monoisotopic (exact) mass is 502 g/mol. The number of nitrogens with one attached hydrogen (secondary N) is 1. The molecule has 1 atom stereocenters. The number of alkyl halides is 1. The van der Waals surface area contributed by atoms with E-state index in [0.717, 1.165) is 24.4 Å². The van der Waals surface area contributed by atoms with Crippen LogP contribution in [-0.2, 0) is 6.67 Å². The third-order valence-electron chi connectivity index (χ3n) is 6.11. The molecule has 1 amide bonds. The van der Waals surface area contributed by atoms with Crippen molar-refractivity contribution in [3.8, 4) is 22.6 Å². The van der Waals surface area contributed by atoms with E-state index in [0.29, 0.717) is 47.2 Å². The fourth-order valence-corrected chi connectivity index (χ4v) is 5.35. The van der Waals surface area contributed by atoms with Gasteiger partial charge in [-0.05, 0) is 48.7 Å². The Balaban J connectivity index is 1.63. The van der Waals surface area contributed by atoms with Crippen molar-refractivity contribution < 1.29 is 23.4 Å². The lowest BCUT2D eigenvalue weighted by molar-refractivity contribution is 0.0783. The highest BCUT2D eigenvalue weighted by Crippen LogP contribution is 2.40. The summed E-state index contributed by atoms with van der Waals surface area (Å²) in [5.41, 5.74) is 1.61. The van der Waals surface area contributed by atoms with Gasteiger partial charge in [0.15, 0.2) is 0 Å². The Labute approximate surface area is 204 Å². The number of carbonyl (C=O) groups excluding carboxylic acids is 1. The molecule has 3 aromatic rings. The average Bonchev–Trinajstić information content (AvgIpc) is 3.32. The van der Waals surface area contributed by atoms with E-state index < -0.39 is 12.5 Å². The van der Waals surface area contributed by atoms with Crippen molar-refractivity contribution in [3.63, 3.8) is 0 Å². The molecular weight excluding hydrogens is 482 g/mol.